The van der Waals surface area contributed by atoms with Gasteiger partial charge in [-0.15, -0.1) is 0 Å². The Morgan fingerprint density at radius 2 is 2.33 bits per heavy atom. The van der Waals surface area contributed by atoms with Gasteiger partial charge in [-0.2, -0.15) is 0 Å². The zero-order valence-electron chi connectivity index (χ0n) is 11.2. The van der Waals surface area contributed by atoms with Gasteiger partial charge in [0.25, 0.3) is 0 Å². The van der Waals surface area contributed by atoms with Crippen LogP contribution in [0.25, 0.3) is 0 Å². The lowest BCUT2D eigenvalue weighted by Gasteiger charge is -2.22. The predicted octanol–water partition coefficient (Wildman–Crippen LogP) is 2.58. The van der Waals surface area contributed by atoms with Crippen LogP contribution in [0.2, 0.25) is 0 Å². The molecule has 1 N–H and O–H groups in total. The second-order valence-corrected chi connectivity index (χ2v) is 5.02. The van der Waals surface area contributed by atoms with Crippen LogP contribution in [0.15, 0.2) is 18.2 Å². The van der Waals surface area contributed by atoms with Gasteiger partial charge in [-0.25, -0.2) is 0 Å². The molecule has 3 nitrogen and oxygen atoms in total. The van der Waals surface area contributed by atoms with Crippen LogP contribution in [0.1, 0.15) is 35.2 Å². The van der Waals surface area contributed by atoms with Crippen LogP contribution in [0, 0.1) is 12.8 Å². The minimum absolute atomic E-state index is 0.245. The molecule has 1 aliphatic heterocycles. The van der Waals surface area contributed by atoms with Gasteiger partial charge in [0.2, 0.25) is 0 Å². The van der Waals surface area contributed by atoms with Crippen molar-refractivity contribution in [1.82, 2.24) is 5.32 Å². The van der Waals surface area contributed by atoms with E-state index in [1.54, 1.807) is 7.11 Å². The summed E-state index contributed by atoms with van der Waals surface area (Å²) in [7, 11) is 1.65. The summed E-state index contributed by atoms with van der Waals surface area (Å²) < 4.78 is 5.21. The highest BCUT2D eigenvalue weighted by Crippen LogP contribution is 2.22. The monoisotopic (exact) mass is 247 g/mol. The fourth-order valence-electron chi connectivity index (χ4n) is 2.53. The van der Waals surface area contributed by atoms with E-state index in [9.17, 15) is 4.79 Å². The van der Waals surface area contributed by atoms with Crippen molar-refractivity contribution in [1.29, 1.82) is 0 Å². The molecular formula is C15H21NO2. The van der Waals surface area contributed by atoms with E-state index in [4.69, 9.17) is 4.74 Å². The zero-order chi connectivity index (χ0) is 13.0. The Bertz CT molecular complexity index is 423. The topological polar surface area (TPSA) is 38.3 Å². The first-order valence-electron chi connectivity index (χ1n) is 6.59. The molecule has 1 aromatic rings. The summed E-state index contributed by atoms with van der Waals surface area (Å²) in [6.45, 7) is 4.03. The minimum atomic E-state index is 0.245. The summed E-state index contributed by atoms with van der Waals surface area (Å²) in [4.78, 5) is 12.2. The van der Waals surface area contributed by atoms with Gasteiger partial charge in [0.05, 0.1) is 7.11 Å². The largest absolute Gasteiger partial charge is 0.496 e. The lowest BCUT2D eigenvalue weighted by Crippen LogP contribution is -2.31. The van der Waals surface area contributed by atoms with E-state index in [0.29, 0.717) is 12.3 Å². The molecule has 1 aromatic carbocycles. The summed E-state index contributed by atoms with van der Waals surface area (Å²) in [5, 5.41) is 3.35. The second-order valence-electron chi connectivity index (χ2n) is 5.02. The number of ether oxygens (including phenoxy) is 1. The highest BCUT2D eigenvalue weighted by atomic mass is 16.5. The lowest BCUT2D eigenvalue weighted by atomic mass is 9.91. The van der Waals surface area contributed by atoms with E-state index in [2.05, 4.69) is 5.32 Å². The van der Waals surface area contributed by atoms with Gasteiger partial charge in [0, 0.05) is 12.0 Å². The van der Waals surface area contributed by atoms with Gasteiger partial charge >= 0.3 is 0 Å². The molecule has 18 heavy (non-hydrogen) atoms. The first-order valence-corrected chi connectivity index (χ1v) is 6.59. The molecule has 1 aliphatic rings. The minimum Gasteiger partial charge on any atom is -0.496 e. The first kappa shape index (κ1) is 13.1. The average Bonchev–Trinajstić information content (AvgIpc) is 2.39. The van der Waals surface area contributed by atoms with Crippen molar-refractivity contribution in [3.8, 4) is 5.75 Å². The Morgan fingerprint density at radius 1 is 1.50 bits per heavy atom. The van der Waals surface area contributed by atoms with Crippen LogP contribution in [0.5, 0.6) is 5.75 Å². The van der Waals surface area contributed by atoms with E-state index in [0.717, 1.165) is 36.4 Å². The molecule has 1 atom stereocenters. The van der Waals surface area contributed by atoms with Gasteiger partial charge in [0.15, 0.2) is 5.78 Å². The normalized spacial score (nSPS) is 19.6. The Morgan fingerprint density at radius 3 is 2.94 bits per heavy atom. The van der Waals surface area contributed by atoms with Crippen LogP contribution < -0.4 is 10.1 Å². The molecule has 2 rings (SSSR count). The number of methoxy groups -OCH3 is 1. The molecule has 0 radical (unpaired) electrons. The Hall–Kier alpha value is -1.35. The number of benzene rings is 1. The molecule has 1 saturated heterocycles. The standard InChI is InChI=1S/C15H21NO2/c1-11-8-13(5-6-15(11)18-2)14(17)9-12-4-3-7-16-10-12/h5-6,8,12,16H,3-4,7,9-10H2,1-2H3. The maximum Gasteiger partial charge on any atom is 0.163 e. The van der Waals surface area contributed by atoms with Crippen LogP contribution in [0.4, 0.5) is 0 Å². The Kier molecular flexibility index (Phi) is 4.37. The molecule has 3 heteroatoms. The smallest absolute Gasteiger partial charge is 0.163 e. The fraction of sp³-hybridized carbons (Fsp3) is 0.533. The number of ketones is 1. The van der Waals surface area contributed by atoms with E-state index >= 15 is 0 Å². The summed E-state index contributed by atoms with van der Waals surface area (Å²) in [5.41, 5.74) is 1.82. The number of Topliss-reactive ketones (excluding diaryl/α,β-unsaturated/α-hetero) is 1. The van der Waals surface area contributed by atoms with Crippen molar-refractivity contribution in [3.05, 3.63) is 29.3 Å². The zero-order valence-corrected chi connectivity index (χ0v) is 11.2. The average molecular weight is 247 g/mol. The third kappa shape index (κ3) is 3.10. The number of piperidine rings is 1. The number of nitrogens with one attached hydrogen (secondary N) is 1. The number of rotatable bonds is 4. The van der Waals surface area contributed by atoms with Crippen molar-refractivity contribution in [3.63, 3.8) is 0 Å². The molecule has 0 bridgehead atoms. The number of hydrogen-bond acceptors (Lipinski definition) is 3. The van der Waals surface area contributed by atoms with Crippen molar-refractivity contribution in [2.24, 2.45) is 5.92 Å². The van der Waals surface area contributed by atoms with Crippen LogP contribution >= 0.6 is 0 Å². The number of carbonyl (C=O) groups is 1. The highest BCUT2D eigenvalue weighted by molar-refractivity contribution is 5.96. The second kappa shape index (κ2) is 6.01. The summed E-state index contributed by atoms with van der Waals surface area (Å²) in [5.74, 6) is 1.58. The Balaban J connectivity index is 2.01. The number of aryl methyl sites for hydroxylation is 1. The van der Waals surface area contributed by atoms with Crippen molar-refractivity contribution in [2.45, 2.75) is 26.2 Å². The maximum absolute atomic E-state index is 12.2. The molecule has 1 unspecified atom stereocenters. The third-order valence-corrected chi connectivity index (χ3v) is 3.59. The number of carbonyl (C=O) groups excluding carboxylic acids is 1. The van der Waals surface area contributed by atoms with Gasteiger partial charge < -0.3 is 10.1 Å². The predicted molar refractivity (Wildman–Crippen MR) is 72.3 cm³/mol. The molecule has 1 heterocycles. The van der Waals surface area contributed by atoms with Crippen molar-refractivity contribution >= 4 is 5.78 Å². The molecule has 0 amide bonds. The quantitative estimate of drug-likeness (QED) is 0.831. The van der Waals surface area contributed by atoms with Crippen LogP contribution in [-0.2, 0) is 0 Å². The van der Waals surface area contributed by atoms with E-state index in [1.165, 1.54) is 6.42 Å². The van der Waals surface area contributed by atoms with Crippen molar-refractivity contribution in [2.75, 3.05) is 20.2 Å². The van der Waals surface area contributed by atoms with E-state index < -0.39 is 0 Å². The number of hydrogen-bond donors (Lipinski definition) is 1. The maximum atomic E-state index is 12.2. The van der Waals surface area contributed by atoms with Gasteiger partial charge in [-0.05, 0) is 62.5 Å². The SMILES string of the molecule is COc1ccc(C(=O)CC2CCCNC2)cc1C. The van der Waals surface area contributed by atoms with E-state index in [1.807, 2.05) is 25.1 Å². The Labute approximate surface area is 109 Å². The molecule has 0 aromatic heterocycles. The highest BCUT2D eigenvalue weighted by Gasteiger charge is 2.18. The van der Waals surface area contributed by atoms with Crippen LogP contribution in [0.3, 0.4) is 0 Å². The molecule has 0 spiro atoms. The third-order valence-electron chi connectivity index (χ3n) is 3.59. The molecule has 0 saturated carbocycles. The fourth-order valence-corrected chi connectivity index (χ4v) is 2.53. The molecule has 1 fully saturated rings. The van der Waals surface area contributed by atoms with Crippen LogP contribution in [-0.4, -0.2) is 26.0 Å². The van der Waals surface area contributed by atoms with Gasteiger partial charge in [-0.1, -0.05) is 0 Å². The molecular weight excluding hydrogens is 226 g/mol. The first-order chi connectivity index (χ1) is 8.70. The summed E-state index contributed by atoms with van der Waals surface area (Å²) >= 11 is 0. The molecule has 98 valence electrons. The summed E-state index contributed by atoms with van der Waals surface area (Å²) in [6, 6.07) is 5.67. The van der Waals surface area contributed by atoms with Gasteiger partial charge in [0.1, 0.15) is 5.75 Å². The molecule has 0 aliphatic carbocycles. The van der Waals surface area contributed by atoms with E-state index in [-0.39, 0.29) is 5.78 Å². The van der Waals surface area contributed by atoms with Gasteiger partial charge in [-0.3, -0.25) is 4.79 Å². The summed E-state index contributed by atoms with van der Waals surface area (Å²) in [6.07, 6.45) is 2.99. The lowest BCUT2D eigenvalue weighted by molar-refractivity contribution is 0.0953. The van der Waals surface area contributed by atoms with Crippen molar-refractivity contribution < 1.29 is 9.53 Å².